The lowest BCUT2D eigenvalue weighted by Gasteiger charge is -2.35. The third-order valence-corrected chi connectivity index (χ3v) is 6.28. The maximum absolute atomic E-state index is 6.40. The van der Waals surface area contributed by atoms with E-state index in [-0.39, 0.29) is 6.10 Å². The van der Waals surface area contributed by atoms with Gasteiger partial charge in [0.1, 0.15) is 6.10 Å². The van der Waals surface area contributed by atoms with E-state index >= 15 is 0 Å². The molecule has 0 amide bonds. The highest BCUT2D eigenvalue weighted by atomic mass is 32.1. The van der Waals surface area contributed by atoms with Crippen LogP contribution in [0.1, 0.15) is 22.8 Å². The molecule has 4 nitrogen and oxygen atoms in total. The molecule has 170 valence electrons. The Kier molecular flexibility index (Phi) is 8.93. The van der Waals surface area contributed by atoms with Gasteiger partial charge in [-0.2, -0.15) is 4.99 Å². The van der Waals surface area contributed by atoms with Crippen molar-refractivity contribution < 1.29 is 4.74 Å². The van der Waals surface area contributed by atoms with Gasteiger partial charge in [0.05, 0.1) is 17.5 Å². The standard InChI is InChI=1S/C28H31N3OS/c33-23-29-27-13-11-24(12-14-27)15-16-30-17-19-31(20-18-30)21-22-32-28(25-7-3-1-4-8-25)26-9-5-2-6-10-26/h1-14,28H,15-22H2. The summed E-state index contributed by atoms with van der Waals surface area (Å²) < 4.78 is 6.40. The Morgan fingerprint density at radius 2 is 1.30 bits per heavy atom. The summed E-state index contributed by atoms with van der Waals surface area (Å²) in [6.07, 6.45) is 1.04. The number of hydrogen-bond acceptors (Lipinski definition) is 5. The fourth-order valence-corrected chi connectivity index (χ4v) is 4.36. The minimum atomic E-state index is -0.0187. The molecule has 4 rings (SSSR count). The summed E-state index contributed by atoms with van der Waals surface area (Å²) in [4.78, 5) is 9.08. The first-order chi connectivity index (χ1) is 16.3. The smallest absolute Gasteiger partial charge is 0.108 e. The molecule has 1 saturated heterocycles. The first-order valence-electron chi connectivity index (χ1n) is 11.6. The van der Waals surface area contributed by atoms with Crippen LogP contribution in [-0.2, 0) is 11.2 Å². The number of isothiocyanates is 1. The number of hydrogen-bond donors (Lipinski definition) is 0. The molecule has 0 aromatic heterocycles. The van der Waals surface area contributed by atoms with Gasteiger partial charge in [0.15, 0.2) is 0 Å². The highest BCUT2D eigenvalue weighted by molar-refractivity contribution is 7.78. The molecule has 33 heavy (non-hydrogen) atoms. The van der Waals surface area contributed by atoms with Crippen molar-refractivity contribution in [3.05, 3.63) is 102 Å². The fourth-order valence-electron chi connectivity index (χ4n) is 4.25. The number of nitrogens with zero attached hydrogens (tertiary/aromatic N) is 3. The van der Waals surface area contributed by atoms with Gasteiger partial charge >= 0.3 is 0 Å². The molecular formula is C28H31N3OS. The number of ether oxygens (including phenoxy) is 1. The van der Waals surface area contributed by atoms with Gasteiger partial charge in [-0.3, -0.25) is 4.90 Å². The molecule has 3 aromatic rings. The Labute approximate surface area is 202 Å². The first-order valence-corrected chi connectivity index (χ1v) is 12.1. The SMILES string of the molecule is S=C=Nc1ccc(CCN2CCN(CCOC(c3ccccc3)c3ccccc3)CC2)cc1. The summed E-state index contributed by atoms with van der Waals surface area (Å²) >= 11 is 4.66. The van der Waals surface area contributed by atoms with Crippen LogP contribution >= 0.6 is 12.2 Å². The molecule has 0 bridgehead atoms. The largest absolute Gasteiger partial charge is 0.367 e. The van der Waals surface area contributed by atoms with E-state index in [0.717, 1.165) is 58.0 Å². The van der Waals surface area contributed by atoms with Crippen LogP contribution in [0.4, 0.5) is 5.69 Å². The number of piperazine rings is 1. The van der Waals surface area contributed by atoms with Crippen LogP contribution in [0.25, 0.3) is 0 Å². The van der Waals surface area contributed by atoms with Crippen LogP contribution in [0.3, 0.4) is 0 Å². The summed E-state index contributed by atoms with van der Waals surface area (Å²) in [5.74, 6) is 0. The lowest BCUT2D eigenvalue weighted by molar-refractivity contribution is 0.0454. The van der Waals surface area contributed by atoms with Crippen LogP contribution in [0.5, 0.6) is 0 Å². The first kappa shape index (κ1) is 23.5. The third kappa shape index (κ3) is 7.16. The summed E-state index contributed by atoms with van der Waals surface area (Å²) in [6.45, 7) is 7.17. The van der Waals surface area contributed by atoms with Gasteiger partial charge in [-0.1, -0.05) is 72.8 Å². The van der Waals surface area contributed by atoms with Crippen LogP contribution in [0.15, 0.2) is 89.9 Å². The normalized spacial score (nSPS) is 14.8. The van der Waals surface area contributed by atoms with E-state index in [1.807, 2.05) is 12.1 Å². The lowest BCUT2D eigenvalue weighted by atomic mass is 10.0. The van der Waals surface area contributed by atoms with Gasteiger partial charge in [0.2, 0.25) is 0 Å². The topological polar surface area (TPSA) is 28.1 Å². The zero-order valence-corrected chi connectivity index (χ0v) is 19.8. The van der Waals surface area contributed by atoms with Gasteiger partial charge < -0.3 is 9.64 Å². The summed E-state index contributed by atoms with van der Waals surface area (Å²) in [7, 11) is 0. The zero-order valence-electron chi connectivity index (χ0n) is 19.0. The van der Waals surface area contributed by atoms with E-state index in [1.54, 1.807) is 0 Å². The van der Waals surface area contributed by atoms with Gasteiger partial charge in [0.25, 0.3) is 0 Å². The Bertz CT molecular complexity index is 973. The number of rotatable bonds is 10. The quantitative estimate of drug-likeness (QED) is 0.302. The lowest BCUT2D eigenvalue weighted by Crippen LogP contribution is -2.47. The van der Waals surface area contributed by atoms with E-state index in [1.165, 1.54) is 16.7 Å². The Morgan fingerprint density at radius 3 is 1.85 bits per heavy atom. The fraction of sp³-hybridized carbons (Fsp3) is 0.321. The molecule has 0 unspecified atom stereocenters. The predicted molar refractivity (Wildman–Crippen MR) is 138 cm³/mol. The molecular weight excluding hydrogens is 426 g/mol. The van der Waals surface area contributed by atoms with Crippen molar-refractivity contribution in [1.82, 2.24) is 9.80 Å². The zero-order chi connectivity index (χ0) is 22.7. The summed E-state index contributed by atoms with van der Waals surface area (Å²) in [6, 6.07) is 29.3. The second kappa shape index (κ2) is 12.5. The minimum absolute atomic E-state index is 0.0187. The van der Waals surface area contributed by atoms with Crippen LogP contribution in [0.2, 0.25) is 0 Å². The van der Waals surface area contributed by atoms with Gasteiger partial charge in [-0.05, 0) is 47.5 Å². The van der Waals surface area contributed by atoms with Crippen LogP contribution in [0, 0.1) is 0 Å². The average Bonchev–Trinajstić information content (AvgIpc) is 2.88. The molecule has 0 radical (unpaired) electrons. The van der Waals surface area contributed by atoms with E-state index < -0.39 is 0 Å². The van der Waals surface area contributed by atoms with E-state index in [9.17, 15) is 0 Å². The van der Waals surface area contributed by atoms with Crippen LogP contribution < -0.4 is 0 Å². The van der Waals surface area contributed by atoms with Crippen molar-refractivity contribution in [3.63, 3.8) is 0 Å². The van der Waals surface area contributed by atoms with E-state index in [2.05, 4.69) is 105 Å². The van der Waals surface area contributed by atoms with E-state index in [4.69, 9.17) is 4.74 Å². The van der Waals surface area contributed by atoms with Crippen LogP contribution in [-0.4, -0.2) is 60.8 Å². The van der Waals surface area contributed by atoms with Crippen molar-refractivity contribution in [2.75, 3.05) is 45.9 Å². The van der Waals surface area contributed by atoms with Crippen molar-refractivity contribution in [2.24, 2.45) is 4.99 Å². The third-order valence-electron chi connectivity index (χ3n) is 6.19. The highest BCUT2D eigenvalue weighted by Gasteiger charge is 2.18. The number of benzene rings is 3. The highest BCUT2D eigenvalue weighted by Crippen LogP contribution is 2.25. The Balaban J connectivity index is 1.21. The molecule has 1 heterocycles. The van der Waals surface area contributed by atoms with Crippen molar-refractivity contribution in [2.45, 2.75) is 12.5 Å². The van der Waals surface area contributed by atoms with Gasteiger partial charge in [0, 0.05) is 39.3 Å². The van der Waals surface area contributed by atoms with Gasteiger partial charge in [-0.15, -0.1) is 0 Å². The maximum Gasteiger partial charge on any atom is 0.108 e. The minimum Gasteiger partial charge on any atom is -0.367 e. The summed E-state index contributed by atoms with van der Waals surface area (Å²) in [5.41, 5.74) is 4.61. The summed E-state index contributed by atoms with van der Waals surface area (Å²) in [5, 5.41) is 2.41. The maximum atomic E-state index is 6.40. The molecule has 0 spiro atoms. The second-order valence-electron chi connectivity index (χ2n) is 8.38. The number of thiocarbonyl (C=S) groups is 1. The van der Waals surface area contributed by atoms with Gasteiger partial charge in [-0.25, -0.2) is 0 Å². The van der Waals surface area contributed by atoms with Crippen molar-refractivity contribution in [3.8, 4) is 0 Å². The molecule has 0 aliphatic carbocycles. The van der Waals surface area contributed by atoms with Crippen molar-refractivity contribution in [1.29, 1.82) is 0 Å². The molecule has 1 aliphatic rings. The molecule has 1 fully saturated rings. The molecule has 1 aliphatic heterocycles. The molecule has 0 atom stereocenters. The molecule has 3 aromatic carbocycles. The molecule has 5 heteroatoms. The average molecular weight is 458 g/mol. The predicted octanol–water partition coefficient (Wildman–Crippen LogP) is 5.39. The second-order valence-corrected chi connectivity index (χ2v) is 8.56. The van der Waals surface area contributed by atoms with E-state index in [0.29, 0.717) is 0 Å². The van der Waals surface area contributed by atoms with Crippen molar-refractivity contribution >= 4 is 23.1 Å². The molecule has 0 N–H and O–H groups in total. The monoisotopic (exact) mass is 457 g/mol. The number of aliphatic imine (C=N–C) groups is 1. The Morgan fingerprint density at radius 1 is 0.758 bits per heavy atom. The Hall–Kier alpha value is -2.66. The molecule has 0 saturated carbocycles.